The Hall–Kier alpha value is -2.36. The van der Waals surface area contributed by atoms with E-state index in [1.165, 1.54) is 0 Å². The van der Waals surface area contributed by atoms with Crippen molar-refractivity contribution in [2.45, 2.75) is 112 Å². The second-order valence-corrected chi connectivity index (χ2v) is 13.2. The molecule has 0 aliphatic heterocycles. The molecular formula is C29H46O4. The van der Waals surface area contributed by atoms with Gasteiger partial charge in [-0.25, -0.2) is 0 Å². The van der Waals surface area contributed by atoms with Gasteiger partial charge in [0.25, 0.3) is 0 Å². The van der Waals surface area contributed by atoms with Gasteiger partial charge in [-0.2, -0.15) is 0 Å². The average Bonchev–Trinajstić information content (AvgIpc) is 2.56. The molecule has 0 radical (unpaired) electrons. The van der Waals surface area contributed by atoms with Crippen LogP contribution in [0.3, 0.4) is 0 Å². The summed E-state index contributed by atoms with van der Waals surface area (Å²) < 4.78 is 0. The monoisotopic (exact) mass is 458 g/mol. The number of aromatic hydroxyl groups is 4. The second-order valence-electron chi connectivity index (χ2n) is 13.2. The van der Waals surface area contributed by atoms with E-state index >= 15 is 0 Å². The van der Waals surface area contributed by atoms with Crippen molar-refractivity contribution in [1.29, 1.82) is 0 Å². The van der Waals surface area contributed by atoms with Gasteiger partial charge < -0.3 is 20.4 Å². The number of hydrogen-bond donors (Lipinski definition) is 4. The first-order valence-electron chi connectivity index (χ1n) is 11.6. The fourth-order valence-electron chi connectivity index (χ4n) is 4.01. The molecule has 0 aliphatic carbocycles. The molecule has 0 atom stereocenters. The predicted octanol–water partition coefficient (Wildman–Crippen LogP) is 7.69. The highest BCUT2D eigenvalue weighted by Crippen LogP contribution is 2.44. The molecule has 0 bridgehead atoms. The molecule has 4 heteroatoms. The molecule has 4 N–H and O–H groups in total. The molecule has 0 heterocycles. The van der Waals surface area contributed by atoms with E-state index in [1.807, 2.05) is 90.0 Å². The minimum Gasteiger partial charge on any atom is -0.508 e. The highest BCUT2D eigenvalue weighted by atomic mass is 16.3. The Labute approximate surface area is 201 Å². The van der Waals surface area contributed by atoms with Gasteiger partial charge in [-0.05, 0) is 52.3 Å². The summed E-state index contributed by atoms with van der Waals surface area (Å²) in [5.41, 5.74) is 3.25. The van der Waals surface area contributed by atoms with E-state index in [9.17, 15) is 20.4 Å². The Morgan fingerprint density at radius 2 is 0.818 bits per heavy atom. The number of benzene rings is 2. The molecule has 0 unspecified atom stereocenters. The van der Waals surface area contributed by atoms with Crippen molar-refractivity contribution in [2.75, 3.05) is 0 Å². The summed E-state index contributed by atoms with van der Waals surface area (Å²) in [6.07, 6.45) is 0. The van der Waals surface area contributed by atoms with Crippen LogP contribution in [0.25, 0.3) is 0 Å². The summed E-state index contributed by atoms with van der Waals surface area (Å²) in [6.45, 7) is 26.2. The topological polar surface area (TPSA) is 80.9 Å². The van der Waals surface area contributed by atoms with Gasteiger partial charge in [-0.3, -0.25) is 0 Å². The minimum absolute atomic E-state index is 0.178. The van der Waals surface area contributed by atoms with Crippen LogP contribution in [0.2, 0.25) is 0 Å². The molecule has 0 spiro atoms. The van der Waals surface area contributed by atoms with Crippen LogP contribution in [0.1, 0.15) is 111 Å². The van der Waals surface area contributed by atoms with Gasteiger partial charge >= 0.3 is 0 Å². The zero-order valence-corrected chi connectivity index (χ0v) is 23.0. The minimum atomic E-state index is -0.188. The third-order valence-electron chi connectivity index (χ3n) is 5.80. The Kier molecular flexibility index (Phi) is 7.92. The van der Waals surface area contributed by atoms with Crippen LogP contribution in [-0.4, -0.2) is 20.4 Å². The van der Waals surface area contributed by atoms with Crippen LogP contribution < -0.4 is 0 Å². The normalized spacial score (nSPS) is 12.9. The van der Waals surface area contributed by atoms with Crippen molar-refractivity contribution in [3.63, 3.8) is 0 Å². The van der Waals surface area contributed by atoms with Crippen LogP contribution >= 0.6 is 0 Å². The Bertz CT molecular complexity index is 954. The highest BCUT2D eigenvalue weighted by molar-refractivity contribution is 5.56. The molecule has 0 saturated heterocycles. The summed E-state index contributed by atoms with van der Waals surface area (Å²) >= 11 is 0. The Morgan fingerprint density at radius 3 is 1.12 bits per heavy atom. The quantitative estimate of drug-likeness (QED) is 0.305. The third-order valence-corrected chi connectivity index (χ3v) is 5.80. The number of phenols is 4. The highest BCUT2D eigenvalue weighted by Gasteiger charge is 2.29. The zero-order chi connectivity index (χ0) is 26.3. The Morgan fingerprint density at radius 1 is 0.485 bits per heavy atom. The molecule has 2 rings (SSSR count). The summed E-state index contributed by atoms with van der Waals surface area (Å²) in [4.78, 5) is 0. The lowest BCUT2D eigenvalue weighted by Gasteiger charge is -2.29. The van der Waals surface area contributed by atoms with Crippen LogP contribution in [0, 0.1) is 6.92 Å². The fraction of sp³-hybridized carbons (Fsp3) is 0.586. The van der Waals surface area contributed by atoms with E-state index in [2.05, 4.69) is 0 Å². The maximum atomic E-state index is 10.5. The van der Waals surface area contributed by atoms with E-state index in [0.717, 1.165) is 27.8 Å². The maximum Gasteiger partial charge on any atom is 0.123 e. The van der Waals surface area contributed by atoms with Crippen molar-refractivity contribution >= 4 is 0 Å². The molecule has 2 aromatic rings. The molecule has 0 amide bonds. The average molecular weight is 459 g/mol. The SMILES string of the molecule is CC(C)(C)c1cc(O)cc(C(C)(C)C)c1O.Cc1c(O)cc(C(C)(C)C)c(O)c1C(C)(C)C. The second kappa shape index (κ2) is 9.12. The summed E-state index contributed by atoms with van der Waals surface area (Å²) in [5, 5.41) is 40.5. The molecule has 0 aliphatic rings. The molecule has 0 aromatic heterocycles. The lowest BCUT2D eigenvalue weighted by atomic mass is 9.77. The zero-order valence-electron chi connectivity index (χ0n) is 23.0. The fourth-order valence-corrected chi connectivity index (χ4v) is 4.01. The van der Waals surface area contributed by atoms with E-state index < -0.39 is 0 Å². The van der Waals surface area contributed by atoms with E-state index in [0.29, 0.717) is 11.5 Å². The van der Waals surface area contributed by atoms with Gasteiger partial charge in [-0.15, -0.1) is 0 Å². The number of phenolic OH excluding ortho intramolecular Hbond substituents is 4. The van der Waals surface area contributed by atoms with Crippen molar-refractivity contribution < 1.29 is 20.4 Å². The first kappa shape index (κ1) is 28.7. The molecule has 0 saturated carbocycles. The van der Waals surface area contributed by atoms with Gasteiger partial charge in [0.05, 0.1) is 0 Å². The Balaban J connectivity index is 0.000000331. The van der Waals surface area contributed by atoms with Gasteiger partial charge in [0.15, 0.2) is 0 Å². The molecule has 33 heavy (non-hydrogen) atoms. The molecule has 2 aromatic carbocycles. The lowest BCUT2D eigenvalue weighted by Crippen LogP contribution is -2.18. The predicted molar refractivity (Wildman–Crippen MR) is 139 cm³/mol. The maximum absolute atomic E-state index is 10.5. The van der Waals surface area contributed by atoms with Gasteiger partial charge in [0, 0.05) is 22.3 Å². The lowest BCUT2D eigenvalue weighted by molar-refractivity contribution is 0.409. The molecule has 0 fully saturated rings. The largest absolute Gasteiger partial charge is 0.508 e. The van der Waals surface area contributed by atoms with Crippen molar-refractivity contribution in [2.24, 2.45) is 0 Å². The van der Waals surface area contributed by atoms with Crippen LogP contribution in [-0.2, 0) is 21.7 Å². The molecule has 4 nitrogen and oxygen atoms in total. The summed E-state index contributed by atoms with van der Waals surface area (Å²) in [7, 11) is 0. The van der Waals surface area contributed by atoms with E-state index in [1.54, 1.807) is 18.2 Å². The van der Waals surface area contributed by atoms with Gasteiger partial charge in [0.2, 0.25) is 0 Å². The number of hydrogen-bond acceptors (Lipinski definition) is 4. The van der Waals surface area contributed by atoms with E-state index in [-0.39, 0.29) is 33.2 Å². The van der Waals surface area contributed by atoms with Crippen LogP contribution in [0.5, 0.6) is 23.0 Å². The van der Waals surface area contributed by atoms with Crippen molar-refractivity contribution in [1.82, 2.24) is 0 Å². The van der Waals surface area contributed by atoms with Crippen molar-refractivity contribution in [3.8, 4) is 23.0 Å². The standard InChI is InChI=1S/C15H24O2.C14H22O2/c1-9-11(16)8-10(14(2,3)4)13(17)12(9)15(5,6)7;1-13(2,3)10-7-9(15)8-11(12(10)16)14(4,5)6/h8,16-17H,1-7H3;7-8,15-16H,1-6H3. The van der Waals surface area contributed by atoms with Gasteiger partial charge in [0.1, 0.15) is 23.0 Å². The van der Waals surface area contributed by atoms with Crippen LogP contribution in [0.15, 0.2) is 18.2 Å². The van der Waals surface area contributed by atoms with Gasteiger partial charge in [-0.1, -0.05) is 83.1 Å². The first-order chi connectivity index (χ1) is 14.5. The number of rotatable bonds is 0. The first-order valence-corrected chi connectivity index (χ1v) is 11.6. The summed E-state index contributed by atoms with van der Waals surface area (Å²) in [6, 6.07) is 4.97. The molecule has 186 valence electrons. The van der Waals surface area contributed by atoms with Crippen molar-refractivity contribution in [3.05, 3.63) is 46.0 Å². The summed E-state index contributed by atoms with van der Waals surface area (Å²) in [5.74, 6) is 1.10. The third kappa shape index (κ3) is 6.82. The smallest absolute Gasteiger partial charge is 0.123 e. The van der Waals surface area contributed by atoms with E-state index in [4.69, 9.17) is 0 Å². The molecular weight excluding hydrogens is 412 g/mol. The van der Waals surface area contributed by atoms with Crippen LogP contribution in [0.4, 0.5) is 0 Å².